The Morgan fingerprint density at radius 2 is 2.05 bits per heavy atom. The van der Waals surface area contributed by atoms with Gasteiger partial charge in [-0.25, -0.2) is 0 Å². The van der Waals surface area contributed by atoms with Gasteiger partial charge >= 0.3 is 0 Å². The van der Waals surface area contributed by atoms with Crippen molar-refractivity contribution < 1.29 is 14.6 Å². The molecular formula is C17H33NO3. The molecule has 2 rings (SSSR count). The van der Waals surface area contributed by atoms with Gasteiger partial charge in [0.25, 0.3) is 0 Å². The number of aliphatic hydroxyl groups excluding tert-OH is 1. The van der Waals surface area contributed by atoms with Crippen LogP contribution < -0.4 is 5.32 Å². The normalized spacial score (nSPS) is 33.0. The molecule has 4 nitrogen and oxygen atoms in total. The van der Waals surface area contributed by atoms with Crippen molar-refractivity contribution in [2.75, 3.05) is 19.8 Å². The van der Waals surface area contributed by atoms with E-state index in [1.807, 2.05) is 0 Å². The average Bonchev–Trinajstić information content (AvgIpc) is 3.05. The smallest absolute Gasteiger partial charge is 0.0897 e. The van der Waals surface area contributed by atoms with Crippen molar-refractivity contribution in [1.82, 2.24) is 5.32 Å². The lowest BCUT2D eigenvalue weighted by Gasteiger charge is -2.31. The van der Waals surface area contributed by atoms with E-state index in [9.17, 15) is 5.11 Å². The van der Waals surface area contributed by atoms with Gasteiger partial charge in [-0.3, -0.25) is 0 Å². The molecule has 1 saturated heterocycles. The van der Waals surface area contributed by atoms with E-state index in [1.165, 1.54) is 25.7 Å². The van der Waals surface area contributed by atoms with Gasteiger partial charge in [-0.05, 0) is 38.5 Å². The van der Waals surface area contributed by atoms with Gasteiger partial charge in [0.1, 0.15) is 0 Å². The van der Waals surface area contributed by atoms with E-state index < -0.39 is 6.10 Å². The fraction of sp³-hybridized carbons (Fsp3) is 1.00. The van der Waals surface area contributed by atoms with E-state index in [1.54, 1.807) is 0 Å². The zero-order valence-electron chi connectivity index (χ0n) is 13.7. The average molecular weight is 299 g/mol. The van der Waals surface area contributed by atoms with Crippen LogP contribution in [0.3, 0.4) is 0 Å². The fourth-order valence-corrected chi connectivity index (χ4v) is 3.60. The number of hydrogen-bond donors (Lipinski definition) is 2. The first-order valence-electron chi connectivity index (χ1n) is 8.85. The molecule has 2 N–H and O–H groups in total. The van der Waals surface area contributed by atoms with E-state index in [2.05, 4.69) is 19.2 Å². The first kappa shape index (κ1) is 17.2. The van der Waals surface area contributed by atoms with Crippen LogP contribution in [0.4, 0.5) is 0 Å². The summed E-state index contributed by atoms with van der Waals surface area (Å²) in [5.41, 5.74) is 0. The van der Waals surface area contributed by atoms with Crippen LogP contribution in [-0.4, -0.2) is 49.2 Å². The van der Waals surface area contributed by atoms with Gasteiger partial charge in [-0.15, -0.1) is 0 Å². The maximum absolute atomic E-state index is 10.1. The Kier molecular flexibility index (Phi) is 7.44. The van der Waals surface area contributed by atoms with Crippen LogP contribution in [0.2, 0.25) is 0 Å². The summed E-state index contributed by atoms with van der Waals surface area (Å²) < 4.78 is 11.6. The standard InChI is InChI=1S/C17H33NO3/c1-3-14-7-4-5-8-17(14)21-12-15(19)11-18-13(2)16-9-6-10-20-16/h13-19H,3-12H2,1-2H3. The quantitative estimate of drug-likeness (QED) is 0.723. The number of ether oxygens (including phenoxy) is 2. The highest BCUT2D eigenvalue weighted by Crippen LogP contribution is 2.29. The third-order valence-electron chi connectivity index (χ3n) is 5.06. The van der Waals surface area contributed by atoms with Crippen LogP contribution in [0.1, 0.15) is 58.8 Å². The molecule has 2 aliphatic rings. The third-order valence-corrected chi connectivity index (χ3v) is 5.06. The molecule has 0 aromatic heterocycles. The molecule has 0 spiro atoms. The molecule has 0 aromatic rings. The minimum absolute atomic E-state index is 0.306. The Morgan fingerprint density at radius 1 is 1.24 bits per heavy atom. The largest absolute Gasteiger partial charge is 0.389 e. The van der Waals surface area contributed by atoms with Crippen molar-refractivity contribution in [3.63, 3.8) is 0 Å². The van der Waals surface area contributed by atoms with Gasteiger partial charge in [-0.1, -0.05) is 26.2 Å². The Hall–Kier alpha value is -0.160. The molecule has 0 aromatic carbocycles. The second kappa shape index (κ2) is 9.09. The summed E-state index contributed by atoms with van der Waals surface area (Å²) in [5.74, 6) is 0.685. The molecule has 1 aliphatic carbocycles. The van der Waals surface area contributed by atoms with Crippen LogP contribution >= 0.6 is 0 Å². The molecule has 0 amide bonds. The van der Waals surface area contributed by atoms with Crippen LogP contribution in [0.25, 0.3) is 0 Å². The third kappa shape index (κ3) is 5.51. The molecule has 5 atom stereocenters. The fourth-order valence-electron chi connectivity index (χ4n) is 3.60. The Morgan fingerprint density at radius 3 is 2.76 bits per heavy atom. The van der Waals surface area contributed by atoms with Gasteiger partial charge in [0.2, 0.25) is 0 Å². The van der Waals surface area contributed by atoms with Crippen molar-refractivity contribution in [3.05, 3.63) is 0 Å². The van der Waals surface area contributed by atoms with E-state index >= 15 is 0 Å². The Bertz CT molecular complexity index is 281. The zero-order chi connectivity index (χ0) is 15.1. The van der Waals surface area contributed by atoms with E-state index in [4.69, 9.17) is 9.47 Å². The molecule has 0 radical (unpaired) electrons. The predicted molar refractivity (Wildman–Crippen MR) is 84.4 cm³/mol. The van der Waals surface area contributed by atoms with Gasteiger partial charge < -0.3 is 19.9 Å². The molecule has 1 aliphatic heterocycles. The lowest BCUT2D eigenvalue weighted by atomic mass is 9.85. The Balaban J connectivity index is 1.61. The van der Waals surface area contributed by atoms with Gasteiger partial charge in [0, 0.05) is 19.2 Å². The van der Waals surface area contributed by atoms with Crippen molar-refractivity contribution >= 4 is 0 Å². The second-order valence-corrected chi connectivity index (χ2v) is 6.73. The molecule has 124 valence electrons. The lowest BCUT2D eigenvalue weighted by Crippen LogP contribution is -2.42. The SMILES string of the molecule is CCC1CCCCC1OCC(O)CNC(C)C1CCCO1. The molecule has 21 heavy (non-hydrogen) atoms. The molecular weight excluding hydrogens is 266 g/mol. The van der Waals surface area contributed by atoms with Crippen LogP contribution in [0, 0.1) is 5.92 Å². The summed E-state index contributed by atoms with van der Waals surface area (Å²) >= 11 is 0. The summed E-state index contributed by atoms with van der Waals surface area (Å²) in [7, 11) is 0. The minimum Gasteiger partial charge on any atom is -0.389 e. The second-order valence-electron chi connectivity index (χ2n) is 6.73. The van der Waals surface area contributed by atoms with Crippen LogP contribution in [0.5, 0.6) is 0 Å². The monoisotopic (exact) mass is 299 g/mol. The van der Waals surface area contributed by atoms with Crippen molar-refractivity contribution in [1.29, 1.82) is 0 Å². The number of aliphatic hydroxyl groups is 1. The predicted octanol–water partition coefficient (Wildman–Crippen LogP) is 2.49. The van der Waals surface area contributed by atoms with Crippen molar-refractivity contribution in [2.24, 2.45) is 5.92 Å². The maximum Gasteiger partial charge on any atom is 0.0897 e. The van der Waals surface area contributed by atoms with Crippen molar-refractivity contribution in [2.45, 2.75) is 83.1 Å². The summed E-state index contributed by atoms with van der Waals surface area (Å²) in [4.78, 5) is 0. The van der Waals surface area contributed by atoms with E-state index in [-0.39, 0.29) is 0 Å². The number of rotatable bonds is 8. The topological polar surface area (TPSA) is 50.7 Å². The van der Waals surface area contributed by atoms with Gasteiger partial charge in [0.15, 0.2) is 0 Å². The maximum atomic E-state index is 10.1. The van der Waals surface area contributed by atoms with Crippen LogP contribution in [-0.2, 0) is 9.47 Å². The first-order valence-corrected chi connectivity index (χ1v) is 8.85. The molecule has 1 saturated carbocycles. The van der Waals surface area contributed by atoms with Crippen LogP contribution in [0.15, 0.2) is 0 Å². The zero-order valence-corrected chi connectivity index (χ0v) is 13.7. The number of nitrogens with one attached hydrogen (secondary N) is 1. The minimum atomic E-state index is -0.423. The number of hydrogen-bond acceptors (Lipinski definition) is 4. The highest BCUT2D eigenvalue weighted by Gasteiger charge is 2.26. The molecule has 4 heteroatoms. The lowest BCUT2D eigenvalue weighted by molar-refractivity contribution is -0.0511. The van der Waals surface area contributed by atoms with Crippen molar-refractivity contribution in [3.8, 4) is 0 Å². The summed E-state index contributed by atoms with van der Waals surface area (Å²) in [5, 5.41) is 13.5. The summed E-state index contributed by atoms with van der Waals surface area (Å²) in [6.45, 7) is 6.30. The molecule has 2 fully saturated rings. The summed E-state index contributed by atoms with van der Waals surface area (Å²) in [6.07, 6.45) is 8.75. The highest BCUT2D eigenvalue weighted by molar-refractivity contribution is 4.78. The first-order chi connectivity index (χ1) is 10.2. The molecule has 0 bridgehead atoms. The van der Waals surface area contributed by atoms with E-state index in [0.717, 1.165) is 25.9 Å². The summed E-state index contributed by atoms with van der Waals surface area (Å²) in [6, 6.07) is 0.306. The molecule has 1 heterocycles. The van der Waals surface area contributed by atoms with Gasteiger partial charge in [-0.2, -0.15) is 0 Å². The molecule has 5 unspecified atom stereocenters. The highest BCUT2D eigenvalue weighted by atomic mass is 16.5. The Labute approximate surface area is 129 Å². The van der Waals surface area contributed by atoms with E-state index in [0.29, 0.717) is 37.3 Å². The van der Waals surface area contributed by atoms with Gasteiger partial charge in [0.05, 0.1) is 24.9 Å².